The molecule has 178 valence electrons. The minimum absolute atomic E-state index is 0.00262. The number of aliphatic hydroxyl groups is 2. The van der Waals surface area contributed by atoms with Crippen molar-refractivity contribution >= 4 is 5.78 Å². The molecular formula is C24H35NO7. The molecule has 7 fully saturated rings. The van der Waals surface area contributed by atoms with Crippen LogP contribution in [0.25, 0.3) is 0 Å². The van der Waals surface area contributed by atoms with Crippen molar-refractivity contribution in [3.05, 3.63) is 0 Å². The molecule has 7 rings (SSSR count). The van der Waals surface area contributed by atoms with Crippen molar-refractivity contribution in [2.45, 2.75) is 80.7 Å². The molecule has 0 aromatic heterocycles. The van der Waals surface area contributed by atoms with Gasteiger partial charge in [-0.1, -0.05) is 13.8 Å². The van der Waals surface area contributed by atoms with Crippen LogP contribution in [-0.2, 0) is 23.7 Å². The predicted molar refractivity (Wildman–Crippen MR) is 111 cm³/mol. The fourth-order valence-corrected chi connectivity index (χ4v) is 10.8. The van der Waals surface area contributed by atoms with E-state index < -0.39 is 34.2 Å². The highest BCUT2D eigenvalue weighted by Crippen LogP contribution is 2.82. The molecule has 3 spiro atoms. The molecule has 12 atom stereocenters. The van der Waals surface area contributed by atoms with Gasteiger partial charge in [0.1, 0.15) is 12.4 Å². The van der Waals surface area contributed by atoms with E-state index in [1.54, 1.807) is 14.2 Å². The van der Waals surface area contributed by atoms with Crippen LogP contribution < -0.4 is 0 Å². The van der Waals surface area contributed by atoms with Crippen molar-refractivity contribution in [3.63, 3.8) is 0 Å². The number of carbonyl (C=O) groups excluding carboxylic acids is 1. The lowest BCUT2D eigenvalue weighted by atomic mass is 9.41. The number of fused-ring (bicyclic) bond motifs is 1. The number of likely N-dealkylation sites (tertiary alicyclic amines) is 1. The molecule has 8 nitrogen and oxygen atoms in total. The first kappa shape index (κ1) is 20.7. The van der Waals surface area contributed by atoms with E-state index in [0.717, 1.165) is 25.9 Å². The SMILES string of the molecule is CCN1C[C@]2(C)CC[C@H](OC)[C@@]34C1[C@]1(OCO[C@@]15C[C@H](OC)[C@H]1C[C@]3(O)[C@@H]5[C@H]1O)C(=O)[C@H]24. The molecule has 7 aliphatic rings. The zero-order valence-corrected chi connectivity index (χ0v) is 19.4. The van der Waals surface area contributed by atoms with Crippen LogP contribution in [0.4, 0.5) is 0 Å². The number of piperidine rings is 1. The van der Waals surface area contributed by atoms with Crippen LogP contribution >= 0.6 is 0 Å². The van der Waals surface area contributed by atoms with Crippen LogP contribution in [0.5, 0.6) is 0 Å². The first-order valence-corrected chi connectivity index (χ1v) is 12.3. The van der Waals surface area contributed by atoms with E-state index in [1.807, 2.05) is 0 Å². The molecule has 2 aliphatic heterocycles. The smallest absolute Gasteiger partial charge is 0.175 e. The number of aliphatic hydroxyl groups excluding tert-OH is 1. The summed E-state index contributed by atoms with van der Waals surface area (Å²) >= 11 is 0. The highest BCUT2D eigenvalue weighted by molar-refractivity contribution is 5.99. The van der Waals surface area contributed by atoms with Crippen molar-refractivity contribution in [2.24, 2.45) is 28.6 Å². The zero-order chi connectivity index (χ0) is 22.5. The monoisotopic (exact) mass is 449 g/mol. The average Bonchev–Trinajstić information content (AvgIpc) is 3.29. The summed E-state index contributed by atoms with van der Waals surface area (Å²) in [7, 11) is 3.35. The van der Waals surface area contributed by atoms with Gasteiger partial charge >= 0.3 is 0 Å². The molecule has 2 N–H and O–H groups in total. The van der Waals surface area contributed by atoms with Gasteiger partial charge in [0.2, 0.25) is 0 Å². The normalized spacial score (nSPS) is 64.2. The molecule has 0 radical (unpaired) electrons. The standard InChI is InChI=1S/C24H35NO7/c1-5-25-10-20(2)7-6-14(30-4)23-17(20)18(27)24(19(23)25)22(31-11-32-24)9-13(29-3)12-8-21(23,28)16(22)15(12)26/h12-17,19,26,28H,5-11H2,1-4H3/t12-,13+,14+,15+,16+,17-,19?,20+,21+,22-,23-,24-/m1/s1. The topological polar surface area (TPSA) is 97.7 Å². The van der Waals surface area contributed by atoms with Gasteiger partial charge in [-0.05, 0) is 31.2 Å². The molecule has 2 saturated heterocycles. The molecule has 1 unspecified atom stereocenters. The number of nitrogens with zero attached hydrogens (tertiary/aromatic N) is 1. The number of methoxy groups -OCH3 is 2. The lowest BCUT2D eigenvalue weighted by molar-refractivity contribution is -0.331. The molecule has 7 bridgehead atoms. The van der Waals surface area contributed by atoms with Gasteiger partial charge in [-0.25, -0.2) is 0 Å². The van der Waals surface area contributed by atoms with E-state index in [0.29, 0.717) is 12.8 Å². The van der Waals surface area contributed by atoms with Crippen LogP contribution in [0.2, 0.25) is 0 Å². The summed E-state index contributed by atoms with van der Waals surface area (Å²) in [6.45, 7) is 5.87. The van der Waals surface area contributed by atoms with Gasteiger partial charge in [-0.15, -0.1) is 0 Å². The Kier molecular flexibility index (Phi) is 3.75. The van der Waals surface area contributed by atoms with Crippen LogP contribution in [0, 0.1) is 28.6 Å². The van der Waals surface area contributed by atoms with Gasteiger partial charge < -0.3 is 29.2 Å². The Morgan fingerprint density at radius 2 is 2.00 bits per heavy atom. The van der Waals surface area contributed by atoms with Crippen LogP contribution in [0.3, 0.4) is 0 Å². The number of hydrogen-bond acceptors (Lipinski definition) is 8. The average molecular weight is 450 g/mol. The summed E-state index contributed by atoms with van der Waals surface area (Å²) in [6.07, 6.45) is 1.10. The van der Waals surface area contributed by atoms with E-state index >= 15 is 0 Å². The molecular weight excluding hydrogens is 414 g/mol. The molecule has 0 aromatic rings. The van der Waals surface area contributed by atoms with Gasteiger partial charge in [0.05, 0.1) is 35.4 Å². The van der Waals surface area contributed by atoms with Gasteiger partial charge in [0.25, 0.3) is 0 Å². The summed E-state index contributed by atoms with van der Waals surface area (Å²) in [4.78, 5) is 17.1. The van der Waals surface area contributed by atoms with Crippen LogP contribution in [0.15, 0.2) is 0 Å². The fourth-order valence-electron chi connectivity index (χ4n) is 10.8. The molecule has 0 aromatic carbocycles. The Bertz CT molecular complexity index is 900. The van der Waals surface area contributed by atoms with Gasteiger partial charge in [-0.3, -0.25) is 9.69 Å². The van der Waals surface area contributed by atoms with Crippen molar-refractivity contribution in [1.82, 2.24) is 4.90 Å². The molecule has 2 heterocycles. The molecule has 8 heteroatoms. The first-order valence-electron chi connectivity index (χ1n) is 12.3. The number of ketones is 1. The second-order valence-corrected chi connectivity index (χ2v) is 11.9. The number of ether oxygens (including phenoxy) is 4. The zero-order valence-electron chi connectivity index (χ0n) is 19.4. The summed E-state index contributed by atoms with van der Waals surface area (Å²) in [5.74, 6) is -1.13. The predicted octanol–water partition coefficient (Wildman–Crippen LogP) is 0.333. The molecule has 5 saturated carbocycles. The van der Waals surface area contributed by atoms with E-state index in [2.05, 4.69) is 18.7 Å². The maximum Gasteiger partial charge on any atom is 0.175 e. The second-order valence-electron chi connectivity index (χ2n) is 11.9. The minimum atomic E-state index is -1.31. The Labute approximate surface area is 188 Å². The maximum atomic E-state index is 14.7. The minimum Gasteiger partial charge on any atom is -0.392 e. The van der Waals surface area contributed by atoms with Gasteiger partial charge in [0.15, 0.2) is 11.4 Å². The van der Waals surface area contributed by atoms with E-state index in [9.17, 15) is 15.0 Å². The Hall–Kier alpha value is -0.610. The van der Waals surface area contributed by atoms with Crippen molar-refractivity contribution in [2.75, 3.05) is 34.1 Å². The highest BCUT2D eigenvalue weighted by Gasteiger charge is 2.97. The lowest BCUT2D eigenvalue weighted by Gasteiger charge is -2.71. The Morgan fingerprint density at radius 3 is 2.69 bits per heavy atom. The van der Waals surface area contributed by atoms with E-state index in [-0.39, 0.29) is 48.1 Å². The summed E-state index contributed by atoms with van der Waals surface area (Å²) in [5.41, 5.74) is -4.76. The van der Waals surface area contributed by atoms with E-state index in [4.69, 9.17) is 18.9 Å². The van der Waals surface area contributed by atoms with Gasteiger partial charge in [-0.2, -0.15) is 0 Å². The van der Waals surface area contributed by atoms with E-state index in [1.165, 1.54) is 0 Å². The molecule has 5 aliphatic carbocycles. The fraction of sp³-hybridized carbons (Fsp3) is 0.958. The summed E-state index contributed by atoms with van der Waals surface area (Å²) in [6, 6.07) is -0.346. The molecule has 0 amide bonds. The molecule has 32 heavy (non-hydrogen) atoms. The largest absolute Gasteiger partial charge is 0.392 e. The van der Waals surface area contributed by atoms with Crippen LogP contribution in [-0.4, -0.2) is 96.2 Å². The third-order valence-corrected chi connectivity index (χ3v) is 11.4. The lowest BCUT2D eigenvalue weighted by Crippen LogP contribution is -2.85. The second kappa shape index (κ2) is 5.78. The maximum absolute atomic E-state index is 14.7. The quantitative estimate of drug-likeness (QED) is 0.637. The van der Waals surface area contributed by atoms with Crippen molar-refractivity contribution in [3.8, 4) is 0 Å². The van der Waals surface area contributed by atoms with Crippen molar-refractivity contribution in [1.29, 1.82) is 0 Å². The third-order valence-electron chi connectivity index (χ3n) is 11.4. The van der Waals surface area contributed by atoms with Crippen LogP contribution in [0.1, 0.15) is 39.5 Å². The Balaban J connectivity index is 1.61. The Morgan fingerprint density at radius 1 is 1.22 bits per heavy atom. The first-order chi connectivity index (χ1) is 15.2. The summed E-state index contributed by atoms with van der Waals surface area (Å²) < 4.78 is 25.0. The summed E-state index contributed by atoms with van der Waals surface area (Å²) in [5, 5.41) is 24.6. The number of likely N-dealkylation sites (N-methyl/N-ethyl adjacent to an activating group) is 1. The highest BCUT2D eigenvalue weighted by atomic mass is 16.7. The number of carbonyl (C=O) groups is 1. The number of rotatable bonds is 3. The number of hydrogen-bond donors (Lipinski definition) is 2. The van der Waals surface area contributed by atoms with Crippen molar-refractivity contribution < 1.29 is 34.0 Å². The van der Waals surface area contributed by atoms with Gasteiger partial charge in [0, 0.05) is 44.9 Å². The number of Topliss-reactive ketones (excluding diaryl/α,β-unsaturated/α-hetero) is 1. The third kappa shape index (κ3) is 1.63.